The minimum Gasteiger partial charge on any atom is -0.458 e. The molecule has 0 radical (unpaired) electrons. The molecule has 0 aliphatic carbocycles. The molecule has 23 heavy (non-hydrogen) atoms. The molecule has 0 spiro atoms. The van der Waals surface area contributed by atoms with Crippen molar-refractivity contribution in [2.75, 3.05) is 0 Å². The number of hydrogen-bond acceptors (Lipinski definition) is 3. The van der Waals surface area contributed by atoms with E-state index < -0.39 is 0 Å². The SMILES string of the molecule is Cc1cc2c(CNCc3ccc(-c4ccn[nH]4)o3)cccc2[nH]1. The Hall–Kier alpha value is -2.79. The maximum absolute atomic E-state index is 5.82. The second-order valence-corrected chi connectivity index (χ2v) is 5.67. The van der Waals surface area contributed by atoms with Gasteiger partial charge in [-0.05, 0) is 42.8 Å². The summed E-state index contributed by atoms with van der Waals surface area (Å²) in [4.78, 5) is 3.37. The Morgan fingerprint density at radius 1 is 1.13 bits per heavy atom. The first-order chi connectivity index (χ1) is 11.3. The van der Waals surface area contributed by atoms with Crippen molar-refractivity contribution in [2.24, 2.45) is 0 Å². The molecule has 0 aliphatic rings. The van der Waals surface area contributed by atoms with Crippen molar-refractivity contribution < 1.29 is 4.42 Å². The van der Waals surface area contributed by atoms with Gasteiger partial charge in [0.15, 0.2) is 5.76 Å². The number of aryl methyl sites for hydroxylation is 1. The van der Waals surface area contributed by atoms with Gasteiger partial charge in [0.2, 0.25) is 0 Å². The molecule has 0 saturated heterocycles. The lowest BCUT2D eigenvalue weighted by molar-refractivity contribution is 0.492. The van der Waals surface area contributed by atoms with E-state index in [0.29, 0.717) is 6.54 Å². The number of rotatable bonds is 5. The van der Waals surface area contributed by atoms with Crippen LogP contribution in [-0.4, -0.2) is 15.2 Å². The highest BCUT2D eigenvalue weighted by atomic mass is 16.3. The highest BCUT2D eigenvalue weighted by Crippen LogP contribution is 2.21. The minimum atomic E-state index is 0.688. The lowest BCUT2D eigenvalue weighted by Crippen LogP contribution is -2.12. The molecule has 3 heterocycles. The zero-order chi connectivity index (χ0) is 15.6. The highest BCUT2D eigenvalue weighted by Gasteiger charge is 2.07. The molecule has 4 rings (SSSR count). The first-order valence-corrected chi connectivity index (χ1v) is 7.66. The van der Waals surface area contributed by atoms with Crippen LogP contribution in [-0.2, 0) is 13.1 Å². The van der Waals surface area contributed by atoms with E-state index in [1.165, 1.54) is 22.2 Å². The van der Waals surface area contributed by atoms with E-state index in [0.717, 1.165) is 23.8 Å². The molecule has 0 aliphatic heterocycles. The third kappa shape index (κ3) is 2.78. The molecule has 0 atom stereocenters. The summed E-state index contributed by atoms with van der Waals surface area (Å²) in [6.45, 7) is 3.57. The summed E-state index contributed by atoms with van der Waals surface area (Å²) in [6.07, 6.45) is 1.72. The number of furan rings is 1. The van der Waals surface area contributed by atoms with E-state index in [-0.39, 0.29) is 0 Å². The van der Waals surface area contributed by atoms with Gasteiger partial charge in [-0.25, -0.2) is 0 Å². The molecule has 1 aromatic carbocycles. The first kappa shape index (κ1) is 13.8. The van der Waals surface area contributed by atoms with Crippen LogP contribution in [0.3, 0.4) is 0 Å². The number of H-pyrrole nitrogens is 2. The molecule has 0 unspecified atom stereocenters. The number of aromatic nitrogens is 3. The Balaban J connectivity index is 1.43. The fraction of sp³-hybridized carbons (Fsp3) is 0.167. The van der Waals surface area contributed by atoms with Gasteiger partial charge >= 0.3 is 0 Å². The Labute approximate surface area is 133 Å². The predicted octanol–water partition coefficient (Wildman–Crippen LogP) is 3.75. The number of benzene rings is 1. The van der Waals surface area contributed by atoms with Gasteiger partial charge < -0.3 is 14.7 Å². The zero-order valence-electron chi connectivity index (χ0n) is 12.9. The van der Waals surface area contributed by atoms with Crippen LogP contribution in [0.2, 0.25) is 0 Å². The Morgan fingerprint density at radius 3 is 2.96 bits per heavy atom. The second kappa shape index (κ2) is 5.78. The van der Waals surface area contributed by atoms with Crippen LogP contribution in [0.25, 0.3) is 22.4 Å². The van der Waals surface area contributed by atoms with Crippen LogP contribution >= 0.6 is 0 Å². The highest BCUT2D eigenvalue weighted by molar-refractivity contribution is 5.83. The Bertz CT molecular complexity index is 918. The van der Waals surface area contributed by atoms with Crippen LogP contribution in [0, 0.1) is 6.92 Å². The Kier molecular flexibility index (Phi) is 3.48. The maximum Gasteiger partial charge on any atom is 0.152 e. The molecular weight excluding hydrogens is 288 g/mol. The van der Waals surface area contributed by atoms with Crippen molar-refractivity contribution in [1.82, 2.24) is 20.5 Å². The van der Waals surface area contributed by atoms with Crippen molar-refractivity contribution in [3.8, 4) is 11.5 Å². The standard InChI is InChI=1S/C18H18N4O/c1-12-9-15-13(3-2-4-16(15)21-12)10-19-11-14-5-6-18(23-14)17-7-8-20-22-17/h2-9,19,21H,10-11H2,1H3,(H,20,22). The molecule has 5 heteroatoms. The van der Waals surface area contributed by atoms with Gasteiger partial charge in [-0.2, -0.15) is 5.10 Å². The summed E-state index contributed by atoms with van der Waals surface area (Å²) in [5.41, 5.74) is 4.54. The number of nitrogens with one attached hydrogen (secondary N) is 3. The lowest BCUT2D eigenvalue weighted by atomic mass is 10.1. The predicted molar refractivity (Wildman–Crippen MR) is 89.9 cm³/mol. The molecule has 0 bridgehead atoms. The van der Waals surface area contributed by atoms with Crippen molar-refractivity contribution in [2.45, 2.75) is 20.0 Å². The summed E-state index contributed by atoms with van der Waals surface area (Å²) in [5, 5.41) is 11.6. The minimum absolute atomic E-state index is 0.688. The third-order valence-electron chi connectivity index (χ3n) is 3.93. The summed E-state index contributed by atoms with van der Waals surface area (Å²) >= 11 is 0. The smallest absolute Gasteiger partial charge is 0.152 e. The molecular formula is C18H18N4O. The quantitative estimate of drug-likeness (QED) is 0.526. The zero-order valence-corrected chi connectivity index (χ0v) is 12.9. The van der Waals surface area contributed by atoms with Gasteiger partial charge in [-0.1, -0.05) is 12.1 Å². The topological polar surface area (TPSA) is 69.6 Å². The molecule has 5 nitrogen and oxygen atoms in total. The van der Waals surface area contributed by atoms with Gasteiger partial charge in [-0.3, -0.25) is 5.10 Å². The molecule has 116 valence electrons. The summed E-state index contributed by atoms with van der Waals surface area (Å²) in [6, 6.07) is 14.4. The molecule has 0 fully saturated rings. The monoisotopic (exact) mass is 306 g/mol. The van der Waals surface area contributed by atoms with Gasteiger partial charge in [0.05, 0.1) is 6.54 Å². The molecule has 0 amide bonds. The number of nitrogens with zero attached hydrogens (tertiary/aromatic N) is 1. The van der Waals surface area contributed by atoms with Crippen LogP contribution in [0.15, 0.2) is 53.1 Å². The van der Waals surface area contributed by atoms with Gasteiger partial charge in [0.1, 0.15) is 11.5 Å². The lowest BCUT2D eigenvalue weighted by Gasteiger charge is -2.05. The van der Waals surface area contributed by atoms with Crippen molar-refractivity contribution in [3.63, 3.8) is 0 Å². The van der Waals surface area contributed by atoms with E-state index in [2.05, 4.69) is 51.7 Å². The molecule has 0 saturated carbocycles. The summed E-state index contributed by atoms with van der Waals surface area (Å²) < 4.78 is 5.82. The summed E-state index contributed by atoms with van der Waals surface area (Å²) in [5.74, 6) is 1.72. The Morgan fingerprint density at radius 2 is 2.09 bits per heavy atom. The third-order valence-corrected chi connectivity index (χ3v) is 3.93. The van der Waals surface area contributed by atoms with Crippen molar-refractivity contribution in [1.29, 1.82) is 0 Å². The van der Waals surface area contributed by atoms with Crippen LogP contribution in [0.5, 0.6) is 0 Å². The average Bonchev–Trinajstić information content (AvgIpc) is 3.26. The largest absolute Gasteiger partial charge is 0.458 e. The normalized spacial score (nSPS) is 11.3. The van der Waals surface area contributed by atoms with Crippen LogP contribution in [0.1, 0.15) is 17.0 Å². The molecule has 4 aromatic rings. The molecule has 3 N–H and O–H groups in total. The maximum atomic E-state index is 5.82. The van der Waals surface area contributed by atoms with E-state index in [4.69, 9.17) is 4.42 Å². The number of aromatic amines is 2. The molecule has 3 aromatic heterocycles. The van der Waals surface area contributed by atoms with Gasteiger partial charge in [0, 0.05) is 29.3 Å². The van der Waals surface area contributed by atoms with Gasteiger partial charge in [0.25, 0.3) is 0 Å². The number of hydrogen-bond donors (Lipinski definition) is 3. The van der Waals surface area contributed by atoms with Gasteiger partial charge in [-0.15, -0.1) is 0 Å². The van der Waals surface area contributed by atoms with E-state index in [1.807, 2.05) is 18.2 Å². The second-order valence-electron chi connectivity index (χ2n) is 5.67. The van der Waals surface area contributed by atoms with Crippen molar-refractivity contribution in [3.05, 3.63) is 65.7 Å². The fourth-order valence-electron chi connectivity index (χ4n) is 2.84. The average molecular weight is 306 g/mol. The van der Waals surface area contributed by atoms with Crippen molar-refractivity contribution >= 4 is 10.9 Å². The van der Waals surface area contributed by atoms with E-state index >= 15 is 0 Å². The van der Waals surface area contributed by atoms with Crippen LogP contribution in [0.4, 0.5) is 0 Å². The van der Waals surface area contributed by atoms with E-state index in [9.17, 15) is 0 Å². The number of fused-ring (bicyclic) bond motifs is 1. The summed E-state index contributed by atoms with van der Waals surface area (Å²) in [7, 11) is 0. The van der Waals surface area contributed by atoms with E-state index in [1.54, 1.807) is 6.20 Å². The fourth-order valence-corrected chi connectivity index (χ4v) is 2.84. The first-order valence-electron chi connectivity index (χ1n) is 7.66. The van der Waals surface area contributed by atoms with Crippen LogP contribution < -0.4 is 5.32 Å².